The van der Waals surface area contributed by atoms with Gasteiger partial charge >= 0.3 is 0 Å². The largest absolute Gasteiger partial charge is 0.472 e. The van der Waals surface area contributed by atoms with Gasteiger partial charge in [0, 0.05) is 12.4 Å². The van der Waals surface area contributed by atoms with Crippen molar-refractivity contribution < 1.29 is 4.74 Å². The van der Waals surface area contributed by atoms with Crippen molar-refractivity contribution in [2.45, 2.75) is 20.8 Å². The zero-order chi connectivity index (χ0) is 9.68. The van der Waals surface area contributed by atoms with Gasteiger partial charge in [-0.3, -0.25) is 4.98 Å². The lowest BCUT2D eigenvalue weighted by Crippen LogP contribution is -1.99. The molecule has 1 aromatic rings. The van der Waals surface area contributed by atoms with E-state index in [9.17, 15) is 0 Å². The van der Waals surface area contributed by atoms with Crippen molar-refractivity contribution in [2.24, 2.45) is 0 Å². The molecule has 0 aliphatic heterocycles. The Morgan fingerprint density at radius 3 is 2.69 bits per heavy atom. The van der Waals surface area contributed by atoms with E-state index in [0.29, 0.717) is 12.5 Å². The summed E-state index contributed by atoms with van der Waals surface area (Å²) in [5.74, 6) is 0.611. The number of aromatic nitrogens is 2. The van der Waals surface area contributed by atoms with Crippen LogP contribution in [0.2, 0.25) is 0 Å². The standard InChI is InChI=1S/C10H14N2O/c1-8(2)4-7-13-10-9(3)11-5-6-12-10/h4-6H,7H2,1-3H3. The smallest absolute Gasteiger partial charge is 0.235 e. The summed E-state index contributed by atoms with van der Waals surface area (Å²) in [5, 5.41) is 0. The van der Waals surface area contributed by atoms with Crippen LogP contribution in [0.25, 0.3) is 0 Å². The third kappa shape index (κ3) is 3.23. The van der Waals surface area contributed by atoms with Gasteiger partial charge in [-0.05, 0) is 26.8 Å². The maximum Gasteiger partial charge on any atom is 0.235 e. The molecule has 0 aromatic carbocycles. The third-order valence-corrected chi connectivity index (χ3v) is 1.55. The fourth-order valence-corrected chi connectivity index (χ4v) is 0.824. The summed E-state index contributed by atoms with van der Waals surface area (Å²) in [7, 11) is 0. The van der Waals surface area contributed by atoms with Crippen molar-refractivity contribution >= 4 is 0 Å². The Kier molecular flexibility index (Phi) is 3.43. The molecule has 3 nitrogen and oxygen atoms in total. The SMILES string of the molecule is CC(C)=CCOc1nccnc1C. The van der Waals surface area contributed by atoms with E-state index in [2.05, 4.69) is 9.97 Å². The van der Waals surface area contributed by atoms with Crippen molar-refractivity contribution in [1.29, 1.82) is 0 Å². The molecule has 0 atom stereocenters. The second-order valence-corrected chi connectivity index (χ2v) is 3.04. The average Bonchev–Trinajstić information content (AvgIpc) is 2.08. The summed E-state index contributed by atoms with van der Waals surface area (Å²) < 4.78 is 5.40. The Hall–Kier alpha value is -1.38. The van der Waals surface area contributed by atoms with Crippen LogP contribution in [0.1, 0.15) is 19.5 Å². The molecule has 0 fully saturated rings. The van der Waals surface area contributed by atoms with Crippen LogP contribution in [-0.4, -0.2) is 16.6 Å². The van der Waals surface area contributed by atoms with Gasteiger partial charge in [0.05, 0.1) is 5.69 Å². The highest BCUT2D eigenvalue weighted by molar-refractivity contribution is 5.15. The number of hydrogen-bond acceptors (Lipinski definition) is 3. The lowest BCUT2D eigenvalue weighted by atomic mass is 10.3. The second kappa shape index (κ2) is 4.60. The molecular formula is C10H14N2O. The van der Waals surface area contributed by atoms with Crippen LogP contribution >= 0.6 is 0 Å². The van der Waals surface area contributed by atoms with Crippen molar-refractivity contribution in [2.75, 3.05) is 6.61 Å². The molecule has 0 amide bonds. The topological polar surface area (TPSA) is 35.0 Å². The number of rotatable bonds is 3. The predicted octanol–water partition coefficient (Wildman–Crippen LogP) is 2.13. The lowest BCUT2D eigenvalue weighted by molar-refractivity contribution is 0.342. The summed E-state index contributed by atoms with van der Waals surface area (Å²) in [6, 6.07) is 0. The van der Waals surface area contributed by atoms with Crippen molar-refractivity contribution in [1.82, 2.24) is 9.97 Å². The summed E-state index contributed by atoms with van der Waals surface area (Å²) in [6.45, 7) is 6.51. The highest BCUT2D eigenvalue weighted by Gasteiger charge is 1.98. The molecule has 13 heavy (non-hydrogen) atoms. The van der Waals surface area contributed by atoms with Crippen LogP contribution in [0.5, 0.6) is 5.88 Å². The average molecular weight is 178 g/mol. The summed E-state index contributed by atoms with van der Waals surface area (Å²) in [4.78, 5) is 8.13. The Labute approximate surface area is 78.5 Å². The van der Waals surface area contributed by atoms with E-state index in [1.165, 1.54) is 5.57 Å². The van der Waals surface area contributed by atoms with Gasteiger partial charge in [-0.15, -0.1) is 0 Å². The highest BCUT2D eigenvalue weighted by Crippen LogP contribution is 2.08. The van der Waals surface area contributed by atoms with Crippen molar-refractivity contribution in [3.8, 4) is 5.88 Å². The van der Waals surface area contributed by atoms with E-state index in [1.807, 2.05) is 26.8 Å². The minimum atomic E-state index is 0.557. The minimum absolute atomic E-state index is 0.557. The normalized spacial score (nSPS) is 9.46. The van der Waals surface area contributed by atoms with Crippen LogP contribution in [0.4, 0.5) is 0 Å². The summed E-state index contributed by atoms with van der Waals surface area (Å²) in [6.07, 6.45) is 5.29. The van der Waals surface area contributed by atoms with Gasteiger partial charge in [0.25, 0.3) is 0 Å². The van der Waals surface area contributed by atoms with Gasteiger partial charge in [0.15, 0.2) is 0 Å². The van der Waals surface area contributed by atoms with Crippen LogP contribution in [-0.2, 0) is 0 Å². The van der Waals surface area contributed by atoms with Gasteiger partial charge in [-0.25, -0.2) is 4.98 Å². The molecule has 1 rings (SSSR count). The van der Waals surface area contributed by atoms with Crippen LogP contribution in [0.3, 0.4) is 0 Å². The van der Waals surface area contributed by atoms with E-state index >= 15 is 0 Å². The zero-order valence-electron chi connectivity index (χ0n) is 8.24. The molecule has 0 saturated carbocycles. The maximum absolute atomic E-state index is 5.40. The van der Waals surface area contributed by atoms with Gasteiger partial charge in [0.1, 0.15) is 6.61 Å². The third-order valence-electron chi connectivity index (χ3n) is 1.55. The van der Waals surface area contributed by atoms with E-state index in [0.717, 1.165) is 5.69 Å². The predicted molar refractivity (Wildman–Crippen MR) is 51.7 cm³/mol. The van der Waals surface area contributed by atoms with Crippen molar-refractivity contribution in [3.05, 3.63) is 29.7 Å². The molecule has 0 aliphatic carbocycles. The minimum Gasteiger partial charge on any atom is -0.472 e. The second-order valence-electron chi connectivity index (χ2n) is 3.04. The van der Waals surface area contributed by atoms with E-state index in [4.69, 9.17) is 4.74 Å². The fraction of sp³-hybridized carbons (Fsp3) is 0.400. The number of allylic oxidation sites excluding steroid dienone is 1. The summed E-state index contributed by atoms with van der Waals surface area (Å²) >= 11 is 0. The Bertz CT molecular complexity index is 304. The Balaban J connectivity index is 2.55. The molecular weight excluding hydrogens is 164 g/mol. The quantitative estimate of drug-likeness (QED) is 0.665. The highest BCUT2D eigenvalue weighted by atomic mass is 16.5. The first-order valence-corrected chi connectivity index (χ1v) is 4.24. The molecule has 0 saturated heterocycles. The van der Waals surface area contributed by atoms with Crippen LogP contribution < -0.4 is 4.74 Å². The molecule has 0 bridgehead atoms. The first kappa shape index (κ1) is 9.71. The van der Waals surface area contributed by atoms with E-state index in [1.54, 1.807) is 12.4 Å². The monoisotopic (exact) mass is 178 g/mol. The van der Waals surface area contributed by atoms with Crippen LogP contribution in [0, 0.1) is 6.92 Å². The first-order chi connectivity index (χ1) is 6.20. The molecule has 70 valence electrons. The molecule has 1 aromatic heterocycles. The van der Waals surface area contributed by atoms with Gasteiger partial charge in [-0.1, -0.05) is 5.57 Å². The number of hydrogen-bond donors (Lipinski definition) is 0. The first-order valence-electron chi connectivity index (χ1n) is 4.24. The van der Waals surface area contributed by atoms with E-state index in [-0.39, 0.29) is 0 Å². The van der Waals surface area contributed by atoms with Gasteiger partial charge < -0.3 is 4.74 Å². The summed E-state index contributed by atoms with van der Waals surface area (Å²) in [5.41, 5.74) is 2.06. The molecule has 0 aliphatic rings. The van der Waals surface area contributed by atoms with E-state index < -0.39 is 0 Å². The molecule has 3 heteroatoms. The van der Waals surface area contributed by atoms with Gasteiger partial charge in [-0.2, -0.15) is 0 Å². The molecule has 0 N–H and O–H groups in total. The molecule has 1 heterocycles. The Morgan fingerprint density at radius 2 is 2.08 bits per heavy atom. The van der Waals surface area contributed by atoms with Gasteiger partial charge in [0.2, 0.25) is 5.88 Å². The van der Waals surface area contributed by atoms with Crippen LogP contribution in [0.15, 0.2) is 24.0 Å². The fourth-order valence-electron chi connectivity index (χ4n) is 0.824. The molecule has 0 radical (unpaired) electrons. The molecule has 0 unspecified atom stereocenters. The maximum atomic E-state index is 5.40. The number of nitrogens with zero attached hydrogens (tertiary/aromatic N) is 2. The lowest BCUT2D eigenvalue weighted by Gasteiger charge is -2.03. The number of ether oxygens (including phenoxy) is 1. The zero-order valence-corrected chi connectivity index (χ0v) is 8.24. The number of aryl methyl sites for hydroxylation is 1. The molecule has 0 spiro atoms. The van der Waals surface area contributed by atoms with Crippen molar-refractivity contribution in [3.63, 3.8) is 0 Å². The Morgan fingerprint density at radius 1 is 1.38 bits per heavy atom.